The van der Waals surface area contributed by atoms with E-state index in [4.69, 9.17) is 0 Å². The first-order chi connectivity index (χ1) is 10.3. The summed E-state index contributed by atoms with van der Waals surface area (Å²) in [5.74, 6) is 1.46. The zero-order valence-corrected chi connectivity index (χ0v) is 14.8. The molecule has 2 aliphatic rings. The molecule has 3 unspecified atom stereocenters. The SMILES string of the molecule is CC(C1CCC1)N1CC(CCO)CC(NC(=O)C(C)(C)C)C1. The predicted molar refractivity (Wildman–Crippen MR) is 89.6 cm³/mol. The smallest absolute Gasteiger partial charge is 0.225 e. The molecule has 4 nitrogen and oxygen atoms in total. The summed E-state index contributed by atoms with van der Waals surface area (Å²) in [5, 5.41) is 12.5. The number of hydrogen-bond donors (Lipinski definition) is 2. The van der Waals surface area contributed by atoms with Crippen LogP contribution in [0.4, 0.5) is 0 Å². The van der Waals surface area contributed by atoms with Crippen LogP contribution >= 0.6 is 0 Å². The van der Waals surface area contributed by atoms with Crippen molar-refractivity contribution in [1.82, 2.24) is 10.2 Å². The van der Waals surface area contributed by atoms with Crippen LogP contribution in [0, 0.1) is 17.3 Å². The van der Waals surface area contributed by atoms with Crippen molar-refractivity contribution in [2.24, 2.45) is 17.3 Å². The summed E-state index contributed by atoms with van der Waals surface area (Å²) in [4.78, 5) is 14.9. The molecule has 2 N–H and O–H groups in total. The van der Waals surface area contributed by atoms with E-state index in [1.165, 1.54) is 19.3 Å². The molecule has 1 aliphatic heterocycles. The van der Waals surface area contributed by atoms with E-state index in [-0.39, 0.29) is 24.0 Å². The van der Waals surface area contributed by atoms with Gasteiger partial charge in [-0.15, -0.1) is 0 Å². The van der Waals surface area contributed by atoms with Crippen molar-refractivity contribution in [3.05, 3.63) is 0 Å². The molecule has 22 heavy (non-hydrogen) atoms. The average molecular weight is 310 g/mol. The fraction of sp³-hybridized carbons (Fsp3) is 0.944. The van der Waals surface area contributed by atoms with E-state index in [1.54, 1.807) is 0 Å². The van der Waals surface area contributed by atoms with Crippen LogP contribution < -0.4 is 5.32 Å². The van der Waals surface area contributed by atoms with Crippen molar-refractivity contribution >= 4 is 5.91 Å². The topological polar surface area (TPSA) is 52.6 Å². The number of amides is 1. The summed E-state index contributed by atoms with van der Waals surface area (Å²) in [6, 6.07) is 0.823. The van der Waals surface area contributed by atoms with Gasteiger partial charge >= 0.3 is 0 Å². The van der Waals surface area contributed by atoms with Gasteiger partial charge in [0.25, 0.3) is 0 Å². The van der Waals surface area contributed by atoms with Gasteiger partial charge in [0, 0.05) is 37.2 Å². The van der Waals surface area contributed by atoms with Gasteiger partial charge in [-0.1, -0.05) is 27.2 Å². The molecule has 1 saturated carbocycles. The zero-order chi connectivity index (χ0) is 16.3. The van der Waals surface area contributed by atoms with Gasteiger partial charge < -0.3 is 10.4 Å². The Morgan fingerprint density at radius 2 is 2.00 bits per heavy atom. The van der Waals surface area contributed by atoms with E-state index in [9.17, 15) is 9.90 Å². The maximum absolute atomic E-state index is 12.3. The minimum absolute atomic E-state index is 0.137. The van der Waals surface area contributed by atoms with Gasteiger partial charge in [0.1, 0.15) is 0 Å². The number of nitrogens with one attached hydrogen (secondary N) is 1. The molecule has 128 valence electrons. The summed E-state index contributed by atoms with van der Waals surface area (Å²) >= 11 is 0. The summed E-state index contributed by atoms with van der Waals surface area (Å²) in [6.07, 6.45) is 5.90. The summed E-state index contributed by atoms with van der Waals surface area (Å²) < 4.78 is 0. The second-order valence-corrected chi connectivity index (χ2v) is 8.42. The molecule has 3 atom stereocenters. The first-order valence-corrected chi connectivity index (χ1v) is 8.97. The van der Waals surface area contributed by atoms with Crippen LogP contribution in [0.15, 0.2) is 0 Å². The predicted octanol–water partition coefficient (Wildman–Crippen LogP) is 2.41. The Hall–Kier alpha value is -0.610. The van der Waals surface area contributed by atoms with Crippen molar-refractivity contribution in [2.75, 3.05) is 19.7 Å². The third-order valence-corrected chi connectivity index (χ3v) is 5.53. The van der Waals surface area contributed by atoms with E-state index in [2.05, 4.69) is 17.1 Å². The number of likely N-dealkylation sites (tertiary alicyclic amines) is 1. The molecule has 0 aromatic carbocycles. The molecule has 4 heteroatoms. The number of carbonyl (C=O) groups is 1. The number of piperidine rings is 1. The molecule has 0 aromatic rings. The van der Waals surface area contributed by atoms with Crippen molar-refractivity contribution in [3.8, 4) is 0 Å². The first kappa shape index (κ1) is 17.7. The van der Waals surface area contributed by atoms with Gasteiger partial charge in [0.2, 0.25) is 5.91 Å². The number of hydrogen-bond acceptors (Lipinski definition) is 3. The molecule has 2 rings (SSSR count). The Kier molecular flexibility index (Phi) is 5.89. The zero-order valence-electron chi connectivity index (χ0n) is 14.8. The molecule has 1 saturated heterocycles. The van der Waals surface area contributed by atoms with Gasteiger partial charge in [-0.05, 0) is 44.4 Å². The van der Waals surface area contributed by atoms with Gasteiger partial charge in [-0.3, -0.25) is 9.69 Å². The van der Waals surface area contributed by atoms with Crippen LogP contribution in [0.25, 0.3) is 0 Å². The monoisotopic (exact) mass is 310 g/mol. The van der Waals surface area contributed by atoms with Gasteiger partial charge in [0.05, 0.1) is 0 Å². The van der Waals surface area contributed by atoms with E-state index >= 15 is 0 Å². The molecule has 0 aromatic heterocycles. The van der Waals surface area contributed by atoms with E-state index in [1.807, 2.05) is 20.8 Å². The molecule has 0 bridgehead atoms. The molecule has 2 fully saturated rings. The summed E-state index contributed by atoms with van der Waals surface area (Å²) in [7, 11) is 0. The van der Waals surface area contributed by atoms with Gasteiger partial charge in [-0.2, -0.15) is 0 Å². The maximum atomic E-state index is 12.3. The highest BCUT2D eigenvalue weighted by atomic mass is 16.3. The number of carbonyl (C=O) groups excluding carboxylic acids is 1. The van der Waals surface area contributed by atoms with Crippen LogP contribution in [-0.2, 0) is 4.79 Å². The van der Waals surface area contributed by atoms with Gasteiger partial charge in [-0.25, -0.2) is 0 Å². The lowest BCUT2D eigenvalue weighted by atomic mass is 9.78. The fourth-order valence-corrected chi connectivity index (χ4v) is 3.69. The second-order valence-electron chi connectivity index (χ2n) is 8.42. The summed E-state index contributed by atoms with van der Waals surface area (Å²) in [5.41, 5.74) is -0.339. The first-order valence-electron chi connectivity index (χ1n) is 8.97. The largest absolute Gasteiger partial charge is 0.396 e. The molecule has 1 heterocycles. The lowest BCUT2D eigenvalue weighted by Crippen LogP contribution is -2.56. The third kappa shape index (κ3) is 4.45. The average Bonchev–Trinajstić information content (AvgIpc) is 2.35. The van der Waals surface area contributed by atoms with Crippen LogP contribution in [-0.4, -0.2) is 47.7 Å². The van der Waals surface area contributed by atoms with E-state index < -0.39 is 0 Å². The van der Waals surface area contributed by atoms with Crippen LogP contribution in [0.1, 0.15) is 59.8 Å². The number of rotatable bonds is 5. The minimum atomic E-state index is -0.339. The Morgan fingerprint density at radius 1 is 1.32 bits per heavy atom. The van der Waals surface area contributed by atoms with Crippen molar-refractivity contribution in [3.63, 3.8) is 0 Å². The molecule has 1 amide bonds. The number of aliphatic hydroxyl groups is 1. The third-order valence-electron chi connectivity index (χ3n) is 5.53. The second kappa shape index (κ2) is 7.31. The van der Waals surface area contributed by atoms with Gasteiger partial charge in [0.15, 0.2) is 0 Å². The highest BCUT2D eigenvalue weighted by Crippen LogP contribution is 2.34. The Labute approximate surface area is 135 Å². The van der Waals surface area contributed by atoms with Crippen molar-refractivity contribution < 1.29 is 9.90 Å². The molecular formula is C18H34N2O2. The normalized spacial score (nSPS) is 29.0. The Balaban J connectivity index is 1.98. The minimum Gasteiger partial charge on any atom is -0.396 e. The standard InChI is InChI=1S/C18H34N2O2/c1-13(15-6-5-7-15)20-11-14(8-9-21)10-16(12-20)19-17(22)18(2,3)4/h13-16,21H,5-12H2,1-4H3,(H,19,22). The number of aliphatic hydroxyl groups excluding tert-OH is 1. The lowest BCUT2D eigenvalue weighted by Gasteiger charge is -2.46. The molecule has 1 aliphatic carbocycles. The molecule has 0 spiro atoms. The molecule has 0 radical (unpaired) electrons. The van der Waals surface area contributed by atoms with Crippen molar-refractivity contribution in [1.29, 1.82) is 0 Å². The Morgan fingerprint density at radius 3 is 2.50 bits per heavy atom. The molecular weight excluding hydrogens is 276 g/mol. The van der Waals surface area contributed by atoms with Crippen LogP contribution in [0.5, 0.6) is 0 Å². The maximum Gasteiger partial charge on any atom is 0.225 e. The highest BCUT2D eigenvalue weighted by Gasteiger charge is 2.35. The van der Waals surface area contributed by atoms with Crippen molar-refractivity contribution in [2.45, 2.75) is 71.9 Å². The summed E-state index contributed by atoms with van der Waals surface area (Å²) in [6.45, 7) is 10.5. The fourth-order valence-electron chi connectivity index (χ4n) is 3.69. The Bertz CT molecular complexity index is 374. The highest BCUT2D eigenvalue weighted by molar-refractivity contribution is 5.81. The van der Waals surface area contributed by atoms with Crippen LogP contribution in [0.2, 0.25) is 0 Å². The van der Waals surface area contributed by atoms with E-state index in [0.29, 0.717) is 12.0 Å². The quantitative estimate of drug-likeness (QED) is 0.820. The lowest BCUT2D eigenvalue weighted by molar-refractivity contribution is -0.130. The number of nitrogens with zero attached hydrogens (tertiary/aromatic N) is 1. The van der Waals surface area contributed by atoms with E-state index in [0.717, 1.165) is 31.8 Å². The van der Waals surface area contributed by atoms with Crippen LogP contribution in [0.3, 0.4) is 0 Å².